The minimum absolute atomic E-state index is 0.0527. The molecule has 0 saturated carbocycles. The average Bonchev–Trinajstić information content (AvgIpc) is 3.51. The van der Waals surface area contributed by atoms with Crippen molar-refractivity contribution in [2.45, 2.75) is 0 Å². The first-order chi connectivity index (χ1) is 24.1. The number of anilines is 1. The van der Waals surface area contributed by atoms with Crippen LogP contribution in [-0.2, 0) is 0 Å². The first kappa shape index (κ1) is 35.8. The molecule has 0 fully saturated rings. The van der Waals surface area contributed by atoms with Crippen LogP contribution in [0, 0.1) is 0 Å². The van der Waals surface area contributed by atoms with Gasteiger partial charge in [0.2, 0.25) is 0 Å². The zero-order valence-electron chi connectivity index (χ0n) is 26.8. The Morgan fingerprint density at radius 2 is 1.24 bits per heavy atom. The van der Waals surface area contributed by atoms with Gasteiger partial charge in [-0.2, -0.15) is 0 Å². The smallest absolute Gasteiger partial charge is 0.337 e. The number of carboxylic acids is 1. The maximum Gasteiger partial charge on any atom is 0.337 e. The number of aromatic carboxylic acids is 1. The molecule has 7 rings (SSSR count). The minimum Gasteiger partial charge on any atom is -0.508 e. The van der Waals surface area contributed by atoms with E-state index in [0.29, 0.717) is 23.3 Å². The van der Waals surface area contributed by atoms with E-state index in [1.54, 1.807) is 54.6 Å². The normalized spacial score (nSPS) is 9.94. The van der Waals surface area contributed by atoms with E-state index in [0.717, 1.165) is 17.2 Å². The fourth-order valence-electron chi connectivity index (χ4n) is 4.57. The van der Waals surface area contributed by atoms with E-state index in [2.05, 4.69) is 12.1 Å². The summed E-state index contributed by atoms with van der Waals surface area (Å²) in [6.45, 7) is 0. The second-order valence-corrected chi connectivity index (χ2v) is 10.4. The molecule has 0 radical (unpaired) electrons. The molecule has 7 aromatic rings. The number of furan rings is 1. The fourth-order valence-corrected chi connectivity index (χ4v) is 4.57. The molecule has 1 aromatic heterocycles. The lowest BCUT2D eigenvalue weighted by Gasteiger charge is -2.06. The maximum atomic E-state index is 12.1. The van der Waals surface area contributed by atoms with Crippen LogP contribution in [-0.4, -0.2) is 45.6 Å². The van der Waals surface area contributed by atoms with Crippen molar-refractivity contribution in [1.29, 1.82) is 0 Å². The molecule has 0 bridgehead atoms. The van der Waals surface area contributed by atoms with Crippen LogP contribution in [0.1, 0.15) is 36.6 Å². The summed E-state index contributed by atoms with van der Waals surface area (Å²) in [4.78, 5) is 32.5. The number of phenolic OH excluding ortho intramolecular Hbond substituents is 3. The van der Waals surface area contributed by atoms with Crippen LogP contribution in [0.3, 0.4) is 0 Å². The van der Waals surface area contributed by atoms with Crippen LogP contribution in [0.2, 0.25) is 0 Å². The molecular formula is C40H33NO9. The first-order valence-corrected chi connectivity index (χ1v) is 15.0. The zero-order valence-corrected chi connectivity index (χ0v) is 26.8. The quantitative estimate of drug-likeness (QED) is 0.0681. The maximum absolute atomic E-state index is 12.1. The number of rotatable bonds is 5. The molecule has 0 atom stereocenters. The molecule has 0 saturated heterocycles. The first-order valence-electron chi connectivity index (χ1n) is 15.0. The van der Waals surface area contributed by atoms with Crippen LogP contribution in [0.25, 0.3) is 21.9 Å². The van der Waals surface area contributed by atoms with Crippen LogP contribution in [0.15, 0.2) is 144 Å². The lowest BCUT2D eigenvalue weighted by atomic mass is 10.0. The number of aldehydes is 1. The Balaban J connectivity index is 0.000000154. The zero-order chi connectivity index (χ0) is 36.0. The number of carboxylic acid groups (broad SMARTS) is 1. The van der Waals surface area contributed by atoms with Crippen molar-refractivity contribution in [1.82, 2.24) is 0 Å². The third-order valence-corrected chi connectivity index (χ3v) is 7.10. The summed E-state index contributed by atoms with van der Waals surface area (Å²) >= 11 is 0. The summed E-state index contributed by atoms with van der Waals surface area (Å²) in [6, 6.07) is 39.8. The number of phenols is 3. The molecule has 0 aliphatic heterocycles. The highest BCUT2D eigenvalue weighted by atomic mass is 16.5. The molecule has 50 heavy (non-hydrogen) atoms. The standard InChI is InChI=1S/C14H12O3.C12H8O.C7H7NO2.C7H6O3/c1-17-11-7-8-12(13(15)9-11)14(16)10-5-3-2-4-6-10;1-3-7-11-9(5-1)10-6-2-4-8-12(10)13-11;8-6-4-2-1-3-5(6)7(9)10;8-4-5-1-2-6(9)3-7(5)10/h2-9,15H,1H3;1-8H;1-4H,8H2,(H,9,10);1-4,9-10H. The fraction of sp³-hybridized carbons (Fsp3) is 0.0250. The van der Waals surface area contributed by atoms with Gasteiger partial charge in [0, 0.05) is 34.2 Å². The molecule has 10 heteroatoms. The van der Waals surface area contributed by atoms with E-state index < -0.39 is 5.97 Å². The number of carbonyl (C=O) groups is 3. The van der Waals surface area contributed by atoms with Gasteiger partial charge in [-0.05, 0) is 48.5 Å². The predicted molar refractivity (Wildman–Crippen MR) is 191 cm³/mol. The molecule has 0 unspecified atom stereocenters. The number of carbonyl (C=O) groups excluding carboxylic acids is 2. The number of fused-ring (bicyclic) bond motifs is 3. The van der Waals surface area contributed by atoms with Gasteiger partial charge < -0.3 is 35.3 Å². The summed E-state index contributed by atoms with van der Waals surface area (Å²) in [5.74, 6) is -0.993. The summed E-state index contributed by atoms with van der Waals surface area (Å²) in [6.07, 6.45) is 0.523. The summed E-state index contributed by atoms with van der Waals surface area (Å²) < 4.78 is 10.6. The number of ether oxygens (including phenoxy) is 1. The molecule has 6 aromatic carbocycles. The van der Waals surface area contributed by atoms with Crippen molar-refractivity contribution in [2.75, 3.05) is 12.8 Å². The van der Waals surface area contributed by atoms with Crippen molar-refractivity contribution >= 4 is 45.7 Å². The van der Waals surface area contributed by atoms with Crippen molar-refractivity contribution < 1.29 is 44.0 Å². The molecular weight excluding hydrogens is 638 g/mol. The summed E-state index contributed by atoms with van der Waals surface area (Å²) in [7, 11) is 1.51. The Morgan fingerprint density at radius 1 is 0.660 bits per heavy atom. The molecule has 1 heterocycles. The molecule has 0 aliphatic rings. The Bertz CT molecular complexity index is 2180. The van der Waals surface area contributed by atoms with Gasteiger partial charge in [0.25, 0.3) is 0 Å². The Labute approximate surface area is 286 Å². The third kappa shape index (κ3) is 9.26. The van der Waals surface area contributed by atoms with E-state index in [1.807, 2.05) is 42.5 Å². The number of methoxy groups -OCH3 is 1. The SMILES string of the molecule is COc1ccc(C(=O)c2ccccc2)c(O)c1.Nc1ccccc1C(=O)O.O=Cc1ccc(O)cc1O.c1ccc2c(c1)oc1ccccc12. The highest BCUT2D eigenvalue weighted by Crippen LogP contribution is 2.28. The van der Waals surface area contributed by atoms with Gasteiger partial charge in [-0.1, -0.05) is 78.9 Å². The molecule has 252 valence electrons. The van der Waals surface area contributed by atoms with E-state index in [9.17, 15) is 19.5 Å². The number of nitrogen functional groups attached to an aromatic ring is 1. The monoisotopic (exact) mass is 671 g/mol. The lowest BCUT2D eigenvalue weighted by Crippen LogP contribution is -2.01. The topological polar surface area (TPSA) is 181 Å². The Kier molecular flexibility index (Phi) is 12.3. The number of nitrogens with two attached hydrogens (primary N) is 1. The van der Waals surface area contributed by atoms with Crippen LogP contribution < -0.4 is 10.5 Å². The van der Waals surface area contributed by atoms with Gasteiger partial charge in [-0.3, -0.25) is 9.59 Å². The lowest BCUT2D eigenvalue weighted by molar-refractivity contribution is 0.0697. The van der Waals surface area contributed by atoms with E-state index in [1.165, 1.54) is 42.1 Å². The minimum atomic E-state index is -0.988. The highest BCUT2D eigenvalue weighted by Gasteiger charge is 2.13. The van der Waals surface area contributed by atoms with E-state index in [4.69, 9.17) is 30.2 Å². The Morgan fingerprint density at radius 3 is 1.76 bits per heavy atom. The molecule has 0 spiro atoms. The summed E-state index contributed by atoms with van der Waals surface area (Å²) in [5.41, 5.74) is 8.72. The van der Waals surface area contributed by atoms with Gasteiger partial charge in [-0.25, -0.2) is 4.79 Å². The number of ketones is 1. The van der Waals surface area contributed by atoms with Crippen molar-refractivity contribution in [3.8, 4) is 23.0 Å². The highest BCUT2D eigenvalue weighted by molar-refractivity contribution is 6.10. The van der Waals surface area contributed by atoms with E-state index >= 15 is 0 Å². The van der Waals surface area contributed by atoms with Gasteiger partial charge in [0.15, 0.2) is 12.1 Å². The van der Waals surface area contributed by atoms with Crippen molar-refractivity contribution in [3.63, 3.8) is 0 Å². The van der Waals surface area contributed by atoms with Gasteiger partial charge in [0.05, 0.1) is 23.8 Å². The van der Waals surface area contributed by atoms with Crippen molar-refractivity contribution in [2.24, 2.45) is 0 Å². The van der Waals surface area contributed by atoms with E-state index in [-0.39, 0.29) is 39.7 Å². The Hall–Kier alpha value is -7.07. The molecule has 0 amide bonds. The van der Waals surface area contributed by atoms with Crippen LogP contribution in [0.5, 0.6) is 23.0 Å². The predicted octanol–water partition coefficient (Wildman–Crippen LogP) is 8.10. The molecule has 6 N–H and O–H groups in total. The van der Waals surface area contributed by atoms with Crippen LogP contribution in [0.4, 0.5) is 5.69 Å². The average molecular weight is 672 g/mol. The number of aromatic hydroxyl groups is 3. The van der Waals surface area contributed by atoms with Gasteiger partial charge >= 0.3 is 5.97 Å². The molecule has 0 aliphatic carbocycles. The second kappa shape index (κ2) is 17.2. The third-order valence-electron chi connectivity index (χ3n) is 7.10. The number of hydrogen-bond acceptors (Lipinski definition) is 9. The van der Waals surface area contributed by atoms with Crippen molar-refractivity contribution in [3.05, 3.63) is 162 Å². The van der Waals surface area contributed by atoms with Gasteiger partial charge in [0.1, 0.15) is 34.2 Å². The number of hydrogen-bond donors (Lipinski definition) is 5. The number of para-hydroxylation sites is 3. The summed E-state index contributed by atoms with van der Waals surface area (Å²) in [5, 5.41) is 38.3. The molecule has 10 nitrogen and oxygen atoms in total. The van der Waals surface area contributed by atoms with Gasteiger partial charge in [-0.15, -0.1) is 0 Å². The largest absolute Gasteiger partial charge is 0.508 e. The second-order valence-electron chi connectivity index (χ2n) is 10.4. The van der Waals surface area contributed by atoms with Crippen LogP contribution >= 0.6 is 0 Å². The number of benzene rings is 6.